The van der Waals surface area contributed by atoms with Crippen LogP contribution in [0.2, 0.25) is 0 Å². The number of rotatable bonds is 2. The van der Waals surface area contributed by atoms with Gasteiger partial charge in [0, 0.05) is 12.2 Å². The minimum absolute atomic E-state index is 0.240. The van der Waals surface area contributed by atoms with E-state index in [0.717, 1.165) is 17.7 Å². The average Bonchev–Trinajstić information content (AvgIpc) is 2.83. The molecule has 2 aromatic rings. The van der Waals surface area contributed by atoms with Gasteiger partial charge in [0.1, 0.15) is 0 Å². The minimum Gasteiger partial charge on any atom is -0.399 e. The maximum Gasteiger partial charge on any atom is 0.264 e. The molecule has 0 saturated carbocycles. The van der Waals surface area contributed by atoms with Crippen molar-refractivity contribution in [2.24, 2.45) is 0 Å². The van der Waals surface area contributed by atoms with Gasteiger partial charge in [-0.05, 0) is 36.2 Å². The number of para-hydroxylation sites is 1. The van der Waals surface area contributed by atoms with Crippen LogP contribution in [0.15, 0.2) is 53.4 Å². The molecule has 0 aliphatic carbocycles. The van der Waals surface area contributed by atoms with Gasteiger partial charge in [-0.15, -0.1) is 0 Å². The van der Waals surface area contributed by atoms with E-state index in [1.54, 1.807) is 18.2 Å². The maximum atomic E-state index is 12.6. The van der Waals surface area contributed by atoms with Gasteiger partial charge in [0.2, 0.25) is 0 Å². The van der Waals surface area contributed by atoms with Gasteiger partial charge in [-0.1, -0.05) is 24.3 Å². The predicted octanol–water partition coefficient (Wildman–Crippen LogP) is 2.02. The van der Waals surface area contributed by atoms with Crippen LogP contribution in [-0.4, -0.2) is 15.0 Å². The van der Waals surface area contributed by atoms with Crippen molar-refractivity contribution in [3.63, 3.8) is 0 Å². The van der Waals surface area contributed by atoms with Gasteiger partial charge >= 0.3 is 0 Å². The summed E-state index contributed by atoms with van der Waals surface area (Å²) in [6.45, 7) is 0.483. The van der Waals surface area contributed by atoms with Crippen molar-refractivity contribution in [2.75, 3.05) is 16.6 Å². The maximum absolute atomic E-state index is 12.6. The quantitative estimate of drug-likeness (QED) is 0.852. The summed E-state index contributed by atoms with van der Waals surface area (Å²) in [6, 6.07) is 14.0. The van der Waals surface area contributed by atoms with E-state index in [1.807, 2.05) is 24.3 Å². The van der Waals surface area contributed by atoms with Crippen LogP contribution in [0.25, 0.3) is 0 Å². The van der Waals surface area contributed by atoms with Gasteiger partial charge in [0.15, 0.2) is 0 Å². The van der Waals surface area contributed by atoms with Crippen LogP contribution in [0.3, 0.4) is 0 Å². The Morgan fingerprint density at radius 1 is 1.05 bits per heavy atom. The Bertz CT molecular complexity index is 726. The predicted molar refractivity (Wildman–Crippen MR) is 75.5 cm³/mol. The zero-order valence-corrected chi connectivity index (χ0v) is 11.1. The smallest absolute Gasteiger partial charge is 0.264 e. The molecule has 0 saturated heterocycles. The lowest BCUT2D eigenvalue weighted by Crippen LogP contribution is -2.29. The van der Waals surface area contributed by atoms with Crippen LogP contribution in [0.4, 0.5) is 11.4 Å². The number of nitrogens with zero attached hydrogens (tertiary/aromatic N) is 1. The Balaban J connectivity index is 2.08. The van der Waals surface area contributed by atoms with Gasteiger partial charge in [0.05, 0.1) is 10.6 Å². The third-order valence-electron chi connectivity index (χ3n) is 3.29. The van der Waals surface area contributed by atoms with Crippen molar-refractivity contribution in [1.29, 1.82) is 0 Å². The lowest BCUT2D eigenvalue weighted by atomic mass is 10.2. The summed E-state index contributed by atoms with van der Waals surface area (Å²) < 4.78 is 26.7. The second-order valence-electron chi connectivity index (χ2n) is 4.53. The second-order valence-corrected chi connectivity index (χ2v) is 6.39. The number of nitrogens with two attached hydrogens (primary N) is 1. The molecule has 4 nitrogen and oxygen atoms in total. The summed E-state index contributed by atoms with van der Waals surface area (Å²) >= 11 is 0. The first-order chi connectivity index (χ1) is 9.09. The van der Waals surface area contributed by atoms with E-state index in [1.165, 1.54) is 10.4 Å². The molecule has 2 N–H and O–H groups in total. The SMILES string of the molecule is Nc1cccc(S(=O)(=O)N2CCc3ccccc32)c1. The average molecular weight is 274 g/mol. The van der Waals surface area contributed by atoms with Gasteiger partial charge in [-0.25, -0.2) is 8.42 Å². The molecular weight excluding hydrogens is 260 g/mol. The molecule has 0 atom stereocenters. The Morgan fingerprint density at radius 2 is 1.84 bits per heavy atom. The Labute approximate surface area is 112 Å². The van der Waals surface area contributed by atoms with Gasteiger partial charge < -0.3 is 5.73 Å². The second kappa shape index (κ2) is 4.28. The summed E-state index contributed by atoms with van der Waals surface area (Å²) in [5, 5.41) is 0. The van der Waals surface area contributed by atoms with Crippen LogP contribution in [0, 0.1) is 0 Å². The van der Waals surface area contributed by atoms with E-state index in [9.17, 15) is 8.42 Å². The zero-order valence-electron chi connectivity index (χ0n) is 10.3. The molecule has 5 heteroatoms. The molecular formula is C14H14N2O2S. The van der Waals surface area contributed by atoms with Gasteiger partial charge in [0.25, 0.3) is 10.0 Å². The van der Waals surface area contributed by atoms with E-state index in [-0.39, 0.29) is 4.90 Å². The number of hydrogen-bond acceptors (Lipinski definition) is 3. The Morgan fingerprint density at radius 3 is 2.63 bits per heavy atom. The summed E-state index contributed by atoms with van der Waals surface area (Å²) in [7, 11) is -3.52. The summed E-state index contributed by atoms with van der Waals surface area (Å²) in [6.07, 6.45) is 0.748. The zero-order chi connectivity index (χ0) is 13.5. The van der Waals surface area contributed by atoms with Crippen LogP contribution in [0.5, 0.6) is 0 Å². The van der Waals surface area contributed by atoms with Crippen LogP contribution in [0.1, 0.15) is 5.56 Å². The fourth-order valence-electron chi connectivity index (χ4n) is 2.36. The van der Waals surface area contributed by atoms with Crippen LogP contribution < -0.4 is 10.0 Å². The largest absolute Gasteiger partial charge is 0.399 e. The third-order valence-corrected chi connectivity index (χ3v) is 5.10. The molecule has 0 radical (unpaired) electrons. The molecule has 1 aliphatic rings. The molecule has 0 fully saturated rings. The topological polar surface area (TPSA) is 63.4 Å². The summed E-state index contributed by atoms with van der Waals surface area (Å²) in [5.41, 5.74) is 7.95. The number of anilines is 2. The van der Waals surface area contributed by atoms with E-state index < -0.39 is 10.0 Å². The Kier molecular flexibility index (Phi) is 2.71. The van der Waals surface area contributed by atoms with Crippen molar-refractivity contribution < 1.29 is 8.42 Å². The standard InChI is InChI=1S/C14H14N2O2S/c15-12-5-3-6-13(10-12)19(17,18)16-9-8-11-4-1-2-7-14(11)16/h1-7,10H,8-9,15H2. The van der Waals surface area contributed by atoms with E-state index >= 15 is 0 Å². The van der Waals surface area contributed by atoms with Crippen molar-refractivity contribution in [1.82, 2.24) is 0 Å². The first-order valence-electron chi connectivity index (χ1n) is 6.05. The first-order valence-corrected chi connectivity index (χ1v) is 7.49. The third kappa shape index (κ3) is 1.96. The van der Waals surface area contributed by atoms with Crippen molar-refractivity contribution in [3.8, 4) is 0 Å². The molecule has 0 amide bonds. The first kappa shape index (κ1) is 12.0. The van der Waals surface area contributed by atoms with Crippen molar-refractivity contribution in [3.05, 3.63) is 54.1 Å². The summed E-state index contributed by atoms with van der Waals surface area (Å²) in [5.74, 6) is 0. The fraction of sp³-hybridized carbons (Fsp3) is 0.143. The minimum atomic E-state index is -3.52. The molecule has 0 aromatic heterocycles. The van der Waals surface area contributed by atoms with Crippen LogP contribution >= 0.6 is 0 Å². The van der Waals surface area contributed by atoms with E-state index in [4.69, 9.17) is 5.73 Å². The molecule has 3 rings (SSSR count). The number of fused-ring (bicyclic) bond motifs is 1. The summed E-state index contributed by atoms with van der Waals surface area (Å²) in [4.78, 5) is 0.240. The highest BCUT2D eigenvalue weighted by Gasteiger charge is 2.30. The monoisotopic (exact) mass is 274 g/mol. The number of nitrogen functional groups attached to an aromatic ring is 1. The lowest BCUT2D eigenvalue weighted by Gasteiger charge is -2.19. The van der Waals surface area contributed by atoms with E-state index in [2.05, 4.69) is 0 Å². The normalized spacial score (nSPS) is 14.4. The highest BCUT2D eigenvalue weighted by atomic mass is 32.2. The van der Waals surface area contributed by atoms with Crippen LogP contribution in [-0.2, 0) is 16.4 Å². The molecule has 0 bridgehead atoms. The molecule has 0 unspecified atom stereocenters. The Hall–Kier alpha value is -2.01. The van der Waals surface area contributed by atoms with Crippen molar-refractivity contribution in [2.45, 2.75) is 11.3 Å². The lowest BCUT2D eigenvalue weighted by molar-refractivity contribution is 0.592. The molecule has 98 valence electrons. The number of sulfonamides is 1. The highest BCUT2D eigenvalue weighted by Crippen LogP contribution is 2.32. The molecule has 2 aromatic carbocycles. The van der Waals surface area contributed by atoms with Gasteiger partial charge in [-0.2, -0.15) is 0 Å². The number of benzene rings is 2. The fourth-order valence-corrected chi connectivity index (χ4v) is 3.92. The molecule has 1 aliphatic heterocycles. The van der Waals surface area contributed by atoms with Crippen molar-refractivity contribution >= 4 is 21.4 Å². The van der Waals surface area contributed by atoms with E-state index in [0.29, 0.717) is 12.2 Å². The number of hydrogen-bond donors (Lipinski definition) is 1. The molecule has 1 heterocycles. The van der Waals surface area contributed by atoms with Gasteiger partial charge in [-0.3, -0.25) is 4.31 Å². The highest BCUT2D eigenvalue weighted by molar-refractivity contribution is 7.92. The molecule has 0 spiro atoms. The molecule has 19 heavy (non-hydrogen) atoms.